The standard InChI is InChI=1S/C18H17ClN2O6/c1-8-16(10(3)22)9(2)20-17(8)18(24)25-6-15(23)21-12-5-14-13(4-11(12)19)26-7-27-14/h4-5,20H,6-7H2,1-3H3,(H,21,23). The first-order chi connectivity index (χ1) is 12.8. The molecule has 1 aliphatic heterocycles. The number of Topliss-reactive ketones (excluding diaryl/α,β-unsaturated/α-hetero) is 1. The Morgan fingerprint density at radius 3 is 2.52 bits per heavy atom. The van der Waals surface area contributed by atoms with E-state index in [1.54, 1.807) is 13.8 Å². The number of aryl methyl sites for hydroxylation is 1. The minimum Gasteiger partial charge on any atom is -0.454 e. The van der Waals surface area contributed by atoms with Crippen LogP contribution in [0.5, 0.6) is 11.5 Å². The highest BCUT2D eigenvalue weighted by atomic mass is 35.5. The topological polar surface area (TPSA) is 107 Å². The first-order valence-electron chi connectivity index (χ1n) is 8.04. The Hall–Kier alpha value is -3.00. The molecule has 8 nitrogen and oxygen atoms in total. The van der Waals surface area contributed by atoms with Gasteiger partial charge in [-0.3, -0.25) is 9.59 Å². The van der Waals surface area contributed by atoms with E-state index in [1.165, 1.54) is 19.1 Å². The monoisotopic (exact) mass is 392 g/mol. The van der Waals surface area contributed by atoms with Crippen molar-refractivity contribution < 1.29 is 28.6 Å². The Labute approximate surface area is 159 Å². The molecule has 1 aliphatic rings. The Morgan fingerprint density at radius 1 is 1.22 bits per heavy atom. The number of amides is 1. The number of H-pyrrole nitrogens is 1. The molecule has 0 bridgehead atoms. The zero-order chi connectivity index (χ0) is 19.7. The van der Waals surface area contributed by atoms with Crippen LogP contribution in [0.15, 0.2) is 12.1 Å². The molecule has 0 radical (unpaired) electrons. The smallest absolute Gasteiger partial charge is 0.355 e. The lowest BCUT2D eigenvalue weighted by atomic mass is 10.1. The zero-order valence-electron chi connectivity index (χ0n) is 14.9. The van der Waals surface area contributed by atoms with Crippen molar-refractivity contribution in [3.05, 3.63) is 39.7 Å². The first kappa shape index (κ1) is 18.8. The maximum Gasteiger partial charge on any atom is 0.355 e. The fourth-order valence-corrected chi connectivity index (χ4v) is 3.09. The Balaban J connectivity index is 1.64. The number of hydrogen-bond acceptors (Lipinski definition) is 6. The van der Waals surface area contributed by atoms with Crippen LogP contribution in [0.25, 0.3) is 0 Å². The van der Waals surface area contributed by atoms with Gasteiger partial charge in [-0.1, -0.05) is 11.6 Å². The number of fused-ring (bicyclic) bond motifs is 1. The molecule has 27 heavy (non-hydrogen) atoms. The second-order valence-corrected chi connectivity index (χ2v) is 6.40. The molecule has 9 heteroatoms. The summed E-state index contributed by atoms with van der Waals surface area (Å²) < 4.78 is 15.5. The van der Waals surface area contributed by atoms with Gasteiger partial charge in [0.2, 0.25) is 6.79 Å². The van der Waals surface area contributed by atoms with Crippen LogP contribution in [0.1, 0.15) is 39.0 Å². The van der Waals surface area contributed by atoms with E-state index in [0.29, 0.717) is 34.0 Å². The van der Waals surface area contributed by atoms with Crippen LogP contribution in [0.3, 0.4) is 0 Å². The van der Waals surface area contributed by atoms with Crippen LogP contribution >= 0.6 is 11.6 Å². The molecular weight excluding hydrogens is 376 g/mol. The summed E-state index contributed by atoms with van der Waals surface area (Å²) in [6.45, 7) is 4.31. The maximum absolute atomic E-state index is 12.2. The second-order valence-electron chi connectivity index (χ2n) is 5.99. The largest absolute Gasteiger partial charge is 0.454 e. The minimum absolute atomic E-state index is 0.0812. The number of anilines is 1. The van der Waals surface area contributed by atoms with E-state index in [0.717, 1.165) is 0 Å². The van der Waals surface area contributed by atoms with Gasteiger partial charge in [-0.2, -0.15) is 0 Å². The summed E-state index contributed by atoms with van der Waals surface area (Å²) in [5, 5.41) is 2.81. The fraction of sp³-hybridized carbons (Fsp3) is 0.278. The molecule has 1 amide bonds. The van der Waals surface area contributed by atoms with Gasteiger partial charge >= 0.3 is 5.97 Å². The van der Waals surface area contributed by atoms with Gasteiger partial charge < -0.3 is 24.5 Å². The molecule has 3 rings (SSSR count). The molecule has 0 saturated carbocycles. The molecule has 1 aromatic carbocycles. The fourth-order valence-electron chi connectivity index (χ4n) is 2.88. The number of ether oxygens (including phenoxy) is 3. The van der Waals surface area contributed by atoms with Crippen molar-refractivity contribution in [2.45, 2.75) is 20.8 Å². The first-order valence-corrected chi connectivity index (χ1v) is 8.42. The van der Waals surface area contributed by atoms with Crippen molar-refractivity contribution in [1.82, 2.24) is 4.98 Å². The van der Waals surface area contributed by atoms with Crippen LogP contribution in [-0.4, -0.2) is 36.0 Å². The summed E-state index contributed by atoms with van der Waals surface area (Å²) in [7, 11) is 0. The molecule has 0 spiro atoms. The van der Waals surface area contributed by atoms with E-state index in [-0.39, 0.29) is 23.3 Å². The SMILES string of the molecule is CC(=O)c1c(C)[nH]c(C(=O)OCC(=O)Nc2cc3c(cc2Cl)OCO3)c1C. The number of carbonyl (C=O) groups is 3. The summed E-state index contributed by atoms with van der Waals surface area (Å²) in [6.07, 6.45) is 0. The number of rotatable bonds is 5. The van der Waals surface area contributed by atoms with Crippen molar-refractivity contribution in [1.29, 1.82) is 0 Å². The van der Waals surface area contributed by atoms with E-state index in [1.807, 2.05) is 0 Å². The maximum atomic E-state index is 12.2. The minimum atomic E-state index is -0.727. The van der Waals surface area contributed by atoms with E-state index in [4.69, 9.17) is 25.8 Å². The van der Waals surface area contributed by atoms with E-state index < -0.39 is 18.5 Å². The zero-order valence-corrected chi connectivity index (χ0v) is 15.7. The second kappa shape index (κ2) is 7.32. The lowest BCUT2D eigenvalue weighted by Gasteiger charge is -2.09. The number of hydrogen-bond donors (Lipinski definition) is 2. The van der Waals surface area contributed by atoms with Gasteiger partial charge in [0, 0.05) is 23.4 Å². The molecule has 1 aromatic heterocycles. The highest BCUT2D eigenvalue weighted by Gasteiger charge is 2.22. The summed E-state index contributed by atoms with van der Waals surface area (Å²) in [5.41, 5.74) is 1.96. The van der Waals surface area contributed by atoms with Gasteiger partial charge in [-0.05, 0) is 26.3 Å². The van der Waals surface area contributed by atoms with Gasteiger partial charge in [0.15, 0.2) is 23.9 Å². The van der Waals surface area contributed by atoms with Crippen molar-refractivity contribution in [2.24, 2.45) is 0 Å². The molecule has 0 unspecified atom stereocenters. The van der Waals surface area contributed by atoms with Crippen molar-refractivity contribution in [3.8, 4) is 11.5 Å². The number of ketones is 1. The van der Waals surface area contributed by atoms with Gasteiger partial charge in [0.1, 0.15) is 5.69 Å². The number of aromatic amines is 1. The summed E-state index contributed by atoms with van der Waals surface area (Å²) in [6, 6.07) is 3.06. The quantitative estimate of drug-likeness (QED) is 0.598. The molecule has 2 N–H and O–H groups in total. The van der Waals surface area contributed by atoms with Crippen molar-refractivity contribution >= 4 is 34.9 Å². The molecule has 2 heterocycles. The van der Waals surface area contributed by atoms with Gasteiger partial charge in [-0.15, -0.1) is 0 Å². The van der Waals surface area contributed by atoms with E-state index >= 15 is 0 Å². The Morgan fingerprint density at radius 2 is 1.89 bits per heavy atom. The highest BCUT2D eigenvalue weighted by molar-refractivity contribution is 6.34. The molecular formula is C18H17ClN2O6. The highest BCUT2D eigenvalue weighted by Crippen LogP contribution is 2.39. The van der Waals surface area contributed by atoms with Crippen LogP contribution in [-0.2, 0) is 9.53 Å². The molecule has 0 atom stereocenters. The molecule has 0 aliphatic carbocycles. The third-order valence-electron chi connectivity index (χ3n) is 4.06. The van der Waals surface area contributed by atoms with Crippen molar-refractivity contribution in [2.75, 3.05) is 18.7 Å². The summed E-state index contributed by atoms with van der Waals surface area (Å²) in [5.74, 6) is -0.508. The average Bonchev–Trinajstić information content (AvgIpc) is 3.16. The summed E-state index contributed by atoms with van der Waals surface area (Å²) >= 11 is 6.09. The number of carbonyl (C=O) groups excluding carboxylic acids is 3. The van der Waals surface area contributed by atoms with Crippen molar-refractivity contribution in [3.63, 3.8) is 0 Å². The molecule has 142 valence electrons. The summed E-state index contributed by atoms with van der Waals surface area (Å²) in [4.78, 5) is 38.8. The van der Waals surface area contributed by atoms with E-state index in [9.17, 15) is 14.4 Å². The average molecular weight is 393 g/mol. The number of aromatic nitrogens is 1. The van der Waals surface area contributed by atoms with Crippen LogP contribution in [0.4, 0.5) is 5.69 Å². The number of halogens is 1. The Bertz CT molecular complexity index is 950. The normalized spacial score (nSPS) is 12.0. The van der Waals surface area contributed by atoms with Gasteiger partial charge in [-0.25, -0.2) is 4.79 Å². The van der Waals surface area contributed by atoms with Gasteiger partial charge in [0.25, 0.3) is 5.91 Å². The third kappa shape index (κ3) is 3.75. The van der Waals surface area contributed by atoms with Crippen LogP contribution in [0, 0.1) is 13.8 Å². The number of benzene rings is 1. The molecule has 0 saturated heterocycles. The van der Waals surface area contributed by atoms with Gasteiger partial charge in [0.05, 0.1) is 10.7 Å². The lowest BCUT2D eigenvalue weighted by molar-refractivity contribution is -0.119. The van der Waals surface area contributed by atoms with Crippen LogP contribution in [0.2, 0.25) is 5.02 Å². The lowest BCUT2D eigenvalue weighted by Crippen LogP contribution is -2.21. The van der Waals surface area contributed by atoms with Crippen LogP contribution < -0.4 is 14.8 Å². The third-order valence-corrected chi connectivity index (χ3v) is 4.38. The number of nitrogens with one attached hydrogen (secondary N) is 2. The molecule has 0 fully saturated rings. The van der Waals surface area contributed by atoms with E-state index in [2.05, 4.69) is 10.3 Å². The number of esters is 1. The predicted octanol–water partition coefficient (Wildman–Crippen LogP) is 3.01. The molecule has 2 aromatic rings. The Kier molecular flexibility index (Phi) is 5.09. The predicted molar refractivity (Wildman–Crippen MR) is 96.8 cm³/mol.